The summed E-state index contributed by atoms with van der Waals surface area (Å²) >= 11 is 4.16. The minimum Gasteiger partial charge on any atom is -0.355 e. The van der Waals surface area contributed by atoms with Gasteiger partial charge in [-0.15, -0.1) is 0 Å². The lowest BCUT2D eigenvalue weighted by atomic mass is 10.3. The molecule has 1 saturated heterocycles. The summed E-state index contributed by atoms with van der Waals surface area (Å²) in [6.45, 7) is 4.34. The van der Waals surface area contributed by atoms with Crippen LogP contribution in [0.3, 0.4) is 0 Å². The molecule has 3 nitrogen and oxygen atoms in total. The first-order valence-corrected chi connectivity index (χ1v) is 8.55. The predicted molar refractivity (Wildman–Crippen MR) is 79.2 cm³/mol. The van der Waals surface area contributed by atoms with E-state index in [2.05, 4.69) is 51.5 Å². The molecule has 1 aromatic heterocycles. The number of unbranched alkanes of at least 4 members (excludes halogenated alkanes) is 1. The fourth-order valence-electron chi connectivity index (χ4n) is 1.84. The molecule has 0 saturated carbocycles. The summed E-state index contributed by atoms with van der Waals surface area (Å²) in [5, 5.41) is 4.23. The molecule has 0 radical (unpaired) electrons. The van der Waals surface area contributed by atoms with Crippen LogP contribution in [-0.4, -0.2) is 38.6 Å². The Balaban J connectivity index is 1.79. The van der Waals surface area contributed by atoms with E-state index in [4.69, 9.17) is 0 Å². The van der Waals surface area contributed by atoms with Crippen LogP contribution in [0, 0.1) is 0 Å². The third-order valence-corrected chi connectivity index (χ3v) is 5.69. The minimum atomic E-state index is 0.741. The molecule has 1 atom stereocenters. The van der Waals surface area contributed by atoms with E-state index in [1.807, 2.05) is 6.20 Å². The summed E-state index contributed by atoms with van der Waals surface area (Å²) in [4.78, 5) is 4.39. The van der Waals surface area contributed by atoms with Crippen LogP contribution in [-0.2, 0) is 6.54 Å². The highest BCUT2D eigenvalue weighted by Crippen LogP contribution is 2.24. The van der Waals surface area contributed by atoms with Gasteiger partial charge in [0, 0.05) is 48.0 Å². The third kappa shape index (κ3) is 4.14. The van der Waals surface area contributed by atoms with Crippen LogP contribution in [0.5, 0.6) is 0 Å². The molecular formula is C12H21N3S2. The van der Waals surface area contributed by atoms with Gasteiger partial charge in [-0.25, -0.2) is 4.98 Å². The highest BCUT2D eigenvalue weighted by atomic mass is 32.2. The van der Waals surface area contributed by atoms with Crippen molar-refractivity contribution in [3.63, 3.8) is 0 Å². The van der Waals surface area contributed by atoms with Gasteiger partial charge in [0.15, 0.2) is 0 Å². The van der Waals surface area contributed by atoms with E-state index in [1.165, 1.54) is 30.1 Å². The molecule has 0 spiro atoms. The molecule has 1 aliphatic heterocycles. The van der Waals surface area contributed by atoms with Crippen LogP contribution in [0.1, 0.15) is 19.8 Å². The Morgan fingerprint density at radius 1 is 1.53 bits per heavy atom. The lowest BCUT2D eigenvalue weighted by Crippen LogP contribution is -2.24. The molecule has 1 fully saturated rings. The van der Waals surface area contributed by atoms with Gasteiger partial charge < -0.3 is 9.88 Å². The number of hydrogen-bond acceptors (Lipinski definition) is 4. The van der Waals surface area contributed by atoms with Crippen LogP contribution < -0.4 is 5.32 Å². The molecular weight excluding hydrogens is 250 g/mol. The quantitative estimate of drug-likeness (QED) is 0.861. The van der Waals surface area contributed by atoms with Crippen LogP contribution in [0.25, 0.3) is 0 Å². The van der Waals surface area contributed by atoms with Crippen molar-refractivity contribution in [3.8, 4) is 0 Å². The number of hydrogen-bond donors (Lipinski definition) is 1. The van der Waals surface area contributed by atoms with Crippen molar-refractivity contribution in [2.75, 3.05) is 29.1 Å². The van der Waals surface area contributed by atoms with Gasteiger partial charge in [-0.05, 0) is 6.42 Å². The Morgan fingerprint density at radius 2 is 2.47 bits per heavy atom. The van der Waals surface area contributed by atoms with Crippen molar-refractivity contribution in [1.82, 2.24) is 9.55 Å². The van der Waals surface area contributed by atoms with Crippen LogP contribution in [0.2, 0.25) is 0 Å². The first-order chi connectivity index (χ1) is 8.40. The van der Waals surface area contributed by atoms with Gasteiger partial charge in [-0.2, -0.15) is 23.5 Å². The lowest BCUT2D eigenvalue weighted by Gasteiger charge is -2.21. The third-order valence-electron chi connectivity index (χ3n) is 2.84. The molecule has 0 aliphatic carbocycles. The first kappa shape index (κ1) is 13.1. The summed E-state index contributed by atoms with van der Waals surface area (Å²) in [6, 6.07) is 0. The molecule has 0 aromatic carbocycles. The molecule has 1 unspecified atom stereocenters. The molecule has 0 amide bonds. The van der Waals surface area contributed by atoms with Gasteiger partial charge in [0.1, 0.15) is 0 Å². The number of imidazole rings is 1. The van der Waals surface area contributed by atoms with E-state index >= 15 is 0 Å². The number of rotatable bonds is 6. The van der Waals surface area contributed by atoms with Gasteiger partial charge in [-0.3, -0.25) is 0 Å². The van der Waals surface area contributed by atoms with Crippen molar-refractivity contribution in [3.05, 3.63) is 12.4 Å². The van der Waals surface area contributed by atoms with Crippen molar-refractivity contribution in [2.24, 2.45) is 0 Å². The second kappa shape index (κ2) is 7.21. The summed E-state index contributed by atoms with van der Waals surface area (Å²) in [5.41, 5.74) is 0. The van der Waals surface area contributed by atoms with E-state index in [0.29, 0.717) is 0 Å². The van der Waals surface area contributed by atoms with Crippen LogP contribution in [0.4, 0.5) is 5.95 Å². The Kier molecular flexibility index (Phi) is 5.58. The van der Waals surface area contributed by atoms with Gasteiger partial charge in [0.25, 0.3) is 0 Å². The van der Waals surface area contributed by atoms with Crippen molar-refractivity contribution >= 4 is 29.5 Å². The van der Waals surface area contributed by atoms with Gasteiger partial charge >= 0.3 is 0 Å². The zero-order valence-electron chi connectivity index (χ0n) is 10.4. The Morgan fingerprint density at radius 3 is 3.24 bits per heavy atom. The minimum absolute atomic E-state index is 0.741. The van der Waals surface area contributed by atoms with E-state index in [1.54, 1.807) is 0 Å². The maximum atomic E-state index is 4.39. The van der Waals surface area contributed by atoms with Crippen molar-refractivity contribution in [2.45, 2.75) is 31.6 Å². The molecule has 2 heterocycles. The number of anilines is 1. The standard InChI is InChI=1S/C12H21N3S2/c1-2-3-5-15-6-4-13-12(15)14-9-11-10-16-7-8-17-11/h4,6,11H,2-3,5,7-10H2,1H3,(H,13,14). The summed E-state index contributed by atoms with van der Waals surface area (Å²) in [5.74, 6) is 4.91. The van der Waals surface area contributed by atoms with E-state index < -0.39 is 0 Å². The van der Waals surface area contributed by atoms with E-state index in [0.717, 1.165) is 24.3 Å². The first-order valence-electron chi connectivity index (χ1n) is 6.34. The largest absolute Gasteiger partial charge is 0.355 e. The molecule has 0 bridgehead atoms. The summed E-state index contributed by atoms with van der Waals surface area (Å²) in [6.07, 6.45) is 6.41. The van der Waals surface area contributed by atoms with E-state index in [-0.39, 0.29) is 0 Å². The Labute approximate surface area is 112 Å². The SMILES string of the molecule is CCCCn1ccnc1NCC1CSCCS1. The fourth-order valence-corrected chi connectivity index (χ4v) is 4.46. The number of nitrogens with zero attached hydrogens (tertiary/aromatic N) is 2. The molecule has 1 aromatic rings. The zero-order valence-corrected chi connectivity index (χ0v) is 12.0. The average molecular weight is 271 g/mol. The van der Waals surface area contributed by atoms with Crippen molar-refractivity contribution in [1.29, 1.82) is 0 Å². The normalized spacial score (nSPS) is 20.4. The predicted octanol–water partition coefficient (Wildman–Crippen LogP) is 2.94. The van der Waals surface area contributed by atoms with Crippen LogP contribution >= 0.6 is 23.5 Å². The number of aryl methyl sites for hydroxylation is 1. The summed E-state index contributed by atoms with van der Waals surface area (Å²) in [7, 11) is 0. The smallest absolute Gasteiger partial charge is 0.202 e. The maximum absolute atomic E-state index is 4.39. The van der Waals surface area contributed by atoms with Crippen LogP contribution in [0.15, 0.2) is 12.4 Å². The fraction of sp³-hybridized carbons (Fsp3) is 0.750. The second-order valence-electron chi connectivity index (χ2n) is 4.25. The summed E-state index contributed by atoms with van der Waals surface area (Å²) < 4.78 is 2.23. The second-order valence-corrected chi connectivity index (χ2v) is 6.80. The number of aromatic nitrogens is 2. The monoisotopic (exact) mass is 271 g/mol. The number of nitrogens with one attached hydrogen (secondary N) is 1. The molecule has 1 N–H and O–H groups in total. The Bertz CT molecular complexity index is 321. The highest BCUT2D eigenvalue weighted by Gasteiger charge is 2.14. The van der Waals surface area contributed by atoms with E-state index in [9.17, 15) is 0 Å². The molecule has 17 heavy (non-hydrogen) atoms. The average Bonchev–Trinajstić information content (AvgIpc) is 2.82. The zero-order chi connectivity index (χ0) is 11.9. The molecule has 1 aliphatic rings. The topological polar surface area (TPSA) is 29.9 Å². The highest BCUT2D eigenvalue weighted by molar-refractivity contribution is 8.06. The van der Waals surface area contributed by atoms with Crippen molar-refractivity contribution < 1.29 is 0 Å². The van der Waals surface area contributed by atoms with Gasteiger partial charge in [0.05, 0.1) is 0 Å². The number of thioether (sulfide) groups is 2. The maximum Gasteiger partial charge on any atom is 0.202 e. The molecule has 5 heteroatoms. The molecule has 2 rings (SSSR count). The molecule has 96 valence electrons. The Hall–Kier alpha value is -0.290. The van der Waals surface area contributed by atoms with Gasteiger partial charge in [-0.1, -0.05) is 13.3 Å². The van der Waals surface area contributed by atoms with Gasteiger partial charge in [0.2, 0.25) is 5.95 Å². The lowest BCUT2D eigenvalue weighted by molar-refractivity contribution is 0.635.